The summed E-state index contributed by atoms with van der Waals surface area (Å²) in [6, 6.07) is 0. The monoisotopic (exact) mass is 183 g/mol. The topological polar surface area (TPSA) is 46.2 Å². The molecule has 0 radical (unpaired) electrons. The van der Waals surface area contributed by atoms with Crippen LogP contribution in [0, 0.1) is 5.92 Å². The Morgan fingerprint density at radius 3 is 2.54 bits per heavy atom. The highest BCUT2D eigenvalue weighted by Crippen LogP contribution is 2.10. The van der Waals surface area contributed by atoms with Crippen molar-refractivity contribution in [1.82, 2.24) is 5.32 Å². The first-order valence-corrected chi connectivity index (χ1v) is 4.64. The van der Waals surface area contributed by atoms with E-state index in [1.807, 2.05) is 6.92 Å². The number of rotatable bonds is 6. The van der Waals surface area contributed by atoms with Gasteiger partial charge in [-0.3, -0.25) is 4.79 Å². The summed E-state index contributed by atoms with van der Waals surface area (Å²) in [5, 5.41) is 2.55. The predicted molar refractivity (Wildman–Crippen MR) is 52.0 cm³/mol. The van der Waals surface area contributed by atoms with Crippen molar-refractivity contribution >= 4 is 11.7 Å². The van der Waals surface area contributed by atoms with Crippen molar-refractivity contribution in [3.8, 4) is 0 Å². The lowest BCUT2D eigenvalue weighted by Crippen LogP contribution is -2.22. The fourth-order valence-electron chi connectivity index (χ4n) is 1.11. The van der Waals surface area contributed by atoms with Gasteiger partial charge in [0.2, 0.25) is 0 Å². The van der Waals surface area contributed by atoms with Crippen molar-refractivity contribution in [3.63, 3.8) is 0 Å². The molecule has 0 saturated carbocycles. The van der Waals surface area contributed by atoms with Gasteiger partial charge in [0.25, 0.3) is 0 Å². The summed E-state index contributed by atoms with van der Waals surface area (Å²) in [5.41, 5.74) is 0.0589. The maximum absolute atomic E-state index is 11.4. The third-order valence-corrected chi connectivity index (χ3v) is 2.04. The van der Waals surface area contributed by atoms with Gasteiger partial charge in [-0.25, -0.2) is 4.79 Å². The zero-order valence-corrected chi connectivity index (χ0v) is 8.52. The number of unbranched alkanes of at least 4 members (excludes halogenated alkanes) is 1. The van der Waals surface area contributed by atoms with Crippen LogP contribution in [0.15, 0.2) is 5.70 Å². The predicted octanol–water partition coefficient (Wildman–Crippen LogP) is 1.32. The molecule has 74 valence electrons. The van der Waals surface area contributed by atoms with Gasteiger partial charge >= 0.3 is 0 Å². The number of nitrogens with one attached hydrogen (secondary N) is 1. The maximum atomic E-state index is 11.4. The SMILES string of the molecule is CCCCC(C)C(=O)C(=C=O)NC. The van der Waals surface area contributed by atoms with Gasteiger partial charge in [0.1, 0.15) is 0 Å². The van der Waals surface area contributed by atoms with Crippen LogP contribution in [0.2, 0.25) is 0 Å². The highest BCUT2D eigenvalue weighted by molar-refractivity contribution is 6.02. The number of likely N-dealkylation sites (N-methyl/N-ethyl adjacent to an activating group) is 1. The zero-order valence-electron chi connectivity index (χ0n) is 8.52. The molecule has 0 heterocycles. The Kier molecular flexibility index (Phi) is 5.90. The normalized spacial score (nSPS) is 11.6. The van der Waals surface area contributed by atoms with Gasteiger partial charge in [0.15, 0.2) is 17.4 Å². The molecule has 3 heteroatoms. The second kappa shape index (κ2) is 6.44. The maximum Gasteiger partial charge on any atom is 0.192 e. The van der Waals surface area contributed by atoms with E-state index in [0.717, 1.165) is 19.3 Å². The van der Waals surface area contributed by atoms with Crippen molar-refractivity contribution in [2.75, 3.05) is 7.05 Å². The van der Waals surface area contributed by atoms with Gasteiger partial charge in [-0.15, -0.1) is 0 Å². The molecule has 13 heavy (non-hydrogen) atoms. The third kappa shape index (κ3) is 3.90. The van der Waals surface area contributed by atoms with Gasteiger partial charge in [0.05, 0.1) is 0 Å². The third-order valence-electron chi connectivity index (χ3n) is 2.04. The molecule has 0 bridgehead atoms. The molecule has 0 spiro atoms. The Labute approximate surface area is 79.2 Å². The lowest BCUT2D eigenvalue weighted by Gasteiger charge is -2.09. The number of Topliss-reactive ketones (excluding diaryl/α,β-unsaturated/α-hetero) is 1. The average Bonchev–Trinajstić information content (AvgIpc) is 2.15. The van der Waals surface area contributed by atoms with E-state index in [2.05, 4.69) is 12.2 Å². The lowest BCUT2D eigenvalue weighted by molar-refractivity contribution is -0.119. The van der Waals surface area contributed by atoms with Crippen molar-refractivity contribution < 1.29 is 9.59 Å². The first-order chi connectivity index (χ1) is 6.17. The van der Waals surface area contributed by atoms with E-state index in [-0.39, 0.29) is 17.4 Å². The van der Waals surface area contributed by atoms with Crippen molar-refractivity contribution in [3.05, 3.63) is 5.70 Å². The van der Waals surface area contributed by atoms with E-state index >= 15 is 0 Å². The van der Waals surface area contributed by atoms with Crippen LogP contribution in [0.25, 0.3) is 0 Å². The van der Waals surface area contributed by atoms with Crippen LogP contribution in [0.1, 0.15) is 33.1 Å². The number of carbonyl (C=O) groups is 1. The van der Waals surface area contributed by atoms with Crippen molar-refractivity contribution in [2.45, 2.75) is 33.1 Å². The van der Waals surface area contributed by atoms with Crippen LogP contribution in [0.3, 0.4) is 0 Å². The molecule has 1 unspecified atom stereocenters. The van der Waals surface area contributed by atoms with Gasteiger partial charge in [0, 0.05) is 13.0 Å². The summed E-state index contributed by atoms with van der Waals surface area (Å²) in [6.07, 6.45) is 2.92. The van der Waals surface area contributed by atoms with Crippen LogP contribution in [-0.4, -0.2) is 18.8 Å². The van der Waals surface area contributed by atoms with Crippen LogP contribution < -0.4 is 5.32 Å². The lowest BCUT2D eigenvalue weighted by atomic mass is 9.98. The Morgan fingerprint density at radius 1 is 1.54 bits per heavy atom. The molecule has 0 rings (SSSR count). The van der Waals surface area contributed by atoms with Crippen LogP contribution in [0.4, 0.5) is 0 Å². The summed E-state index contributed by atoms with van der Waals surface area (Å²) >= 11 is 0. The van der Waals surface area contributed by atoms with E-state index in [1.165, 1.54) is 0 Å². The standard InChI is InChI=1S/C10H17NO2/c1-4-5-6-8(2)10(13)9(7-12)11-3/h8,11H,4-6H2,1-3H3. The second-order valence-corrected chi connectivity index (χ2v) is 3.13. The molecule has 0 fully saturated rings. The zero-order chi connectivity index (χ0) is 10.3. The van der Waals surface area contributed by atoms with Gasteiger partial charge in [-0.2, -0.15) is 0 Å². The second-order valence-electron chi connectivity index (χ2n) is 3.13. The largest absolute Gasteiger partial charge is 0.376 e. The Hall–Kier alpha value is -1.08. The van der Waals surface area contributed by atoms with Gasteiger partial charge in [-0.05, 0) is 6.42 Å². The minimum absolute atomic E-state index is 0.0589. The molecule has 0 aliphatic rings. The number of carbonyl (C=O) groups excluding carboxylic acids is 2. The number of hydrogen-bond acceptors (Lipinski definition) is 3. The fraction of sp³-hybridized carbons (Fsp3) is 0.700. The Balaban J connectivity index is 4.16. The smallest absolute Gasteiger partial charge is 0.192 e. The molecule has 1 atom stereocenters. The highest BCUT2D eigenvalue weighted by atomic mass is 16.1. The molecular weight excluding hydrogens is 166 g/mol. The molecule has 0 amide bonds. The number of hydrogen-bond donors (Lipinski definition) is 1. The fourth-order valence-corrected chi connectivity index (χ4v) is 1.11. The van der Waals surface area contributed by atoms with Crippen LogP contribution >= 0.6 is 0 Å². The van der Waals surface area contributed by atoms with E-state index in [0.29, 0.717) is 0 Å². The van der Waals surface area contributed by atoms with Crippen molar-refractivity contribution in [2.24, 2.45) is 5.92 Å². The minimum Gasteiger partial charge on any atom is -0.376 e. The van der Waals surface area contributed by atoms with E-state index < -0.39 is 0 Å². The molecule has 0 aromatic rings. The molecule has 0 aliphatic carbocycles. The van der Waals surface area contributed by atoms with Gasteiger partial charge < -0.3 is 5.32 Å². The molecule has 1 N–H and O–H groups in total. The molecule has 0 aromatic carbocycles. The number of ketones is 1. The summed E-state index contributed by atoms with van der Waals surface area (Å²) in [6.45, 7) is 3.92. The molecule has 0 aliphatic heterocycles. The molecular formula is C10H17NO2. The Morgan fingerprint density at radius 2 is 2.15 bits per heavy atom. The summed E-state index contributed by atoms with van der Waals surface area (Å²) in [5.74, 6) is 1.40. The number of allylic oxidation sites excluding steroid dienone is 1. The van der Waals surface area contributed by atoms with E-state index in [4.69, 9.17) is 0 Å². The highest BCUT2D eigenvalue weighted by Gasteiger charge is 2.16. The minimum atomic E-state index is -0.133. The summed E-state index contributed by atoms with van der Waals surface area (Å²) < 4.78 is 0. The van der Waals surface area contributed by atoms with E-state index in [1.54, 1.807) is 13.0 Å². The van der Waals surface area contributed by atoms with Crippen LogP contribution in [-0.2, 0) is 9.59 Å². The van der Waals surface area contributed by atoms with Crippen molar-refractivity contribution in [1.29, 1.82) is 0 Å². The van der Waals surface area contributed by atoms with E-state index in [9.17, 15) is 9.59 Å². The summed E-state index contributed by atoms with van der Waals surface area (Å²) in [7, 11) is 1.56. The first kappa shape index (κ1) is 11.9. The quantitative estimate of drug-likeness (QED) is 0.499. The molecule has 3 nitrogen and oxygen atoms in total. The molecule has 0 aromatic heterocycles. The molecule has 0 saturated heterocycles. The summed E-state index contributed by atoms with van der Waals surface area (Å²) in [4.78, 5) is 21.8. The first-order valence-electron chi connectivity index (χ1n) is 4.64. The van der Waals surface area contributed by atoms with Gasteiger partial charge in [-0.1, -0.05) is 26.7 Å². The average molecular weight is 183 g/mol. The van der Waals surface area contributed by atoms with Crippen LogP contribution in [0.5, 0.6) is 0 Å². The Bertz CT molecular complexity index is 217.